The highest BCUT2D eigenvalue weighted by molar-refractivity contribution is 5.93. The fourth-order valence-electron chi connectivity index (χ4n) is 0.766. The number of carbonyl (C=O) groups excluding carboxylic acids is 1. The molecule has 0 aromatic carbocycles. The number of ketones is 1. The van der Waals surface area contributed by atoms with Gasteiger partial charge >= 0.3 is 5.97 Å². The quantitative estimate of drug-likeness (QED) is 0.619. The van der Waals surface area contributed by atoms with Crippen molar-refractivity contribution in [3.8, 4) is 12.1 Å². The second-order valence-corrected chi connectivity index (χ2v) is 2.45. The van der Waals surface area contributed by atoms with Gasteiger partial charge in [0, 0.05) is 6.42 Å². The van der Waals surface area contributed by atoms with Gasteiger partial charge in [0.1, 0.15) is 12.0 Å². The molecule has 0 fully saturated rings. The van der Waals surface area contributed by atoms with Crippen LogP contribution in [0.5, 0.6) is 0 Å². The molecule has 0 aliphatic heterocycles. The third-order valence-corrected chi connectivity index (χ3v) is 1.48. The van der Waals surface area contributed by atoms with E-state index in [1.807, 2.05) is 0 Å². The molecule has 0 bridgehead atoms. The number of Topliss-reactive ketones (excluding diaryl/α,β-unsaturated/α-hetero) is 1. The van der Waals surface area contributed by atoms with E-state index in [4.69, 9.17) is 15.6 Å². The number of hydrogen-bond donors (Lipinski definition) is 1. The smallest absolute Gasteiger partial charge is 0.320 e. The van der Waals surface area contributed by atoms with Crippen molar-refractivity contribution in [3.05, 3.63) is 0 Å². The van der Waals surface area contributed by atoms with Crippen LogP contribution in [0.2, 0.25) is 0 Å². The number of rotatable bonds is 5. The molecule has 0 rings (SSSR count). The van der Waals surface area contributed by atoms with Gasteiger partial charge in [-0.25, -0.2) is 0 Å². The summed E-state index contributed by atoms with van der Waals surface area (Å²) in [6.07, 6.45) is 0.387. The second kappa shape index (κ2) is 5.73. The summed E-state index contributed by atoms with van der Waals surface area (Å²) in [5.74, 6) is -2.85. The van der Waals surface area contributed by atoms with Gasteiger partial charge in [-0.15, -0.1) is 0 Å². The number of carboxylic acids is 1. The molecule has 5 heteroatoms. The normalized spacial score (nSPS) is 10.9. The van der Waals surface area contributed by atoms with Crippen LogP contribution >= 0.6 is 0 Å². The van der Waals surface area contributed by atoms with Gasteiger partial charge in [-0.3, -0.25) is 9.59 Å². The predicted molar refractivity (Wildman–Crippen MR) is 41.2 cm³/mol. The van der Waals surface area contributed by atoms with Crippen LogP contribution in [0.25, 0.3) is 0 Å². The Balaban J connectivity index is 3.77. The first-order valence-corrected chi connectivity index (χ1v) is 3.67. The van der Waals surface area contributed by atoms with E-state index in [-0.39, 0.29) is 19.3 Å². The standard InChI is InChI=1S/C8H8N2O3/c9-4-6(8(12)13)2-1-3-7(11)5-10/h6H,1-3H2,(H,12,13). The summed E-state index contributed by atoms with van der Waals surface area (Å²) in [5.41, 5.74) is 0. The van der Waals surface area contributed by atoms with E-state index in [9.17, 15) is 9.59 Å². The SMILES string of the molecule is N#CC(=O)CCCC(C#N)C(=O)O. The third-order valence-electron chi connectivity index (χ3n) is 1.48. The molecule has 0 radical (unpaired) electrons. The van der Waals surface area contributed by atoms with E-state index in [1.54, 1.807) is 6.07 Å². The first kappa shape index (κ1) is 11.1. The van der Waals surface area contributed by atoms with Crippen LogP contribution in [0.4, 0.5) is 0 Å². The molecule has 0 aromatic rings. The summed E-state index contributed by atoms with van der Waals surface area (Å²) in [4.78, 5) is 20.8. The number of aliphatic carboxylic acids is 1. The molecule has 1 N–H and O–H groups in total. The van der Waals surface area contributed by atoms with Crippen molar-refractivity contribution in [1.82, 2.24) is 0 Å². The summed E-state index contributed by atoms with van der Waals surface area (Å²) in [6, 6.07) is 3.02. The number of nitriles is 2. The van der Waals surface area contributed by atoms with Crippen LogP contribution < -0.4 is 0 Å². The highest BCUT2D eigenvalue weighted by Crippen LogP contribution is 2.07. The molecule has 0 aliphatic rings. The minimum atomic E-state index is -1.19. The summed E-state index contributed by atoms with van der Waals surface area (Å²) in [6.45, 7) is 0. The number of nitrogens with zero attached hydrogens (tertiary/aromatic N) is 2. The fraction of sp³-hybridized carbons (Fsp3) is 0.500. The van der Waals surface area contributed by atoms with Crippen LogP contribution in [0.3, 0.4) is 0 Å². The van der Waals surface area contributed by atoms with E-state index in [0.717, 1.165) is 0 Å². The van der Waals surface area contributed by atoms with E-state index in [2.05, 4.69) is 0 Å². The molecule has 0 saturated heterocycles. The molecule has 0 aromatic heterocycles. The van der Waals surface area contributed by atoms with Crippen molar-refractivity contribution in [3.63, 3.8) is 0 Å². The molecule has 68 valence electrons. The third kappa shape index (κ3) is 4.54. The summed E-state index contributed by atoms with van der Waals surface area (Å²) < 4.78 is 0. The highest BCUT2D eigenvalue weighted by atomic mass is 16.4. The van der Waals surface area contributed by atoms with Gasteiger partial charge in [0.2, 0.25) is 5.78 Å². The van der Waals surface area contributed by atoms with Gasteiger partial charge in [-0.05, 0) is 12.8 Å². The topological polar surface area (TPSA) is 102 Å². The maximum absolute atomic E-state index is 10.5. The molecule has 0 heterocycles. The van der Waals surface area contributed by atoms with Crippen molar-refractivity contribution < 1.29 is 14.7 Å². The second-order valence-electron chi connectivity index (χ2n) is 2.45. The van der Waals surface area contributed by atoms with Crippen LogP contribution in [-0.4, -0.2) is 16.9 Å². The van der Waals surface area contributed by atoms with Crippen LogP contribution in [-0.2, 0) is 9.59 Å². The van der Waals surface area contributed by atoms with Crippen LogP contribution in [0.15, 0.2) is 0 Å². The highest BCUT2D eigenvalue weighted by Gasteiger charge is 2.16. The average Bonchev–Trinajstić information content (AvgIpc) is 2.11. The molecule has 1 unspecified atom stereocenters. The zero-order valence-electron chi connectivity index (χ0n) is 6.86. The minimum absolute atomic E-state index is 0.0158. The van der Waals surface area contributed by atoms with Crippen molar-refractivity contribution in [2.45, 2.75) is 19.3 Å². The Morgan fingerprint density at radius 1 is 1.38 bits per heavy atom. The van der Waals surface area contributed by atoms with Crippen molar-refractivity contribution in [2.75, 3.05) is 0 Å². The average molecular weight is 180 g/mol. The van der Waals surface area contributed by atoms with Gasteiger partial charge < -0.3 is 5.11 Å². The van der Waals surface area contributed by atoms with E-state index >= 15 is 0 Å². The molecule has 0 amide bonds. The molecule has 0 saturated carbocycles. The Hall–Kier alpha value is -1.88. The Bertz CT molecular complexity index is 285. The Kier molecular flexibility index (Phi) is 4.90. The summed E-state index contributed by atoms with van der Waals surface area (Å²) in [7, 11) is 0. The fourth-order valence-corrected chi connectivity index (χ4v) is 0.766. The lowest BCUT2D eigenvalue weighted by molar-refractivity contribution is -0.140. The molecule has 0 aliphatic carbocycles. The van der Waals surface area contributed by atoms with Gasteiger partial charge in [0.25, 0.3) is 0 Å². The van der Waals surface area contributed by atoms with Crippen LogP contribution in [0.1, 0.15) is 19.3 Å². The largest absolute Gasteiger partial charge is 0.480 e. The van der Waals surface area contributed by atoms with Gasteiger partial charge in [-0.2, -0.15) is 10.5 Å². The number of carbonyl (C=O) groups is 2. The maximum atomic E-state index is 10.5. The van der Waals surface area contributed by atoms with E-state index in [0.29, 0.717) is 0 Å². The van der Waals surface area contributed by atoms with Crippen LogP contribution in [0, 0.1) is 28.6 Å². The zero-order valence-corrected chi connectivity index (χ0v) is 6.86. The van der Waals surface area contributed by atoms with Gasteiger partial charge in [0.05, 0.1) is 6.07 Å². The van der Waals surface area contributed by atoms with E-state index in [1.165, 1.54) is 6.07 Å². The van der Waals surface area contributed by atoms with Gasteiger partial charge in [-0.1, -0.05) is 0 Å². The lowest BCUT2D eigenvalue weighted by Gasteiger charge is -2.00. The Morgan fingerprint density at radius 2 is 2.00 bits per heavy atom. The Morgan fingerprint density at radius 3 is 2.38 bits per heavy atom. The summed E-state index contributed by atoms with van der Waals surface area (Å²) >= 11 is 0. The molecule has 0 spiro atoms. The molecule has 1 atom stereocenters. The minimum Gasteiger partial charge on any atom is -0.480 e. The van der Waals surface area contributed by atoms with E-state index < -0.39 is 17.7 Å². The molecule has 5 nitrogen and oxygen atoms in total. The lowest BCUT2D eigenvalue weighted by atomic mass is 10.0. The molecule has 13 heavy (non-hydrogen) atoms. The monoisotopic (exact) mass is 180 g/mol. The number of carboxylic acid groups (broad SMARTS) is 1. The van der Waals surface area contributed by atoms with Crippen molar-refractivity contribution in [2.24, 2.45) is 5.92 Å². The van der Waals surface area contributed by atoms with Gasteiger partial charge in [0.15, 0.2) is 0 Å². The van der Waals surface area contributed by atoms with Crippen molar-refractivity contribution in [1.29, 1.82) is 10.5 Å². The maximum Gasteiger partial charge on any atom is 0.320 e. The molecular weight excluding hydrogens is 172 g/mol. The number of hydrogen-bond acceptors (Lipinski definition) is 4. The zero-order chi connectivity index (χ0) is 10.3. The first-order valence-electron chi connectivity index (χ1n) is 3.67. The lowest BCUT2D eigenvalue weighted by Crippen LogP contribution is -2.11. The first-order chi connectivity index (χ1) is 6.11. The summed E-state index contributed by atoms with van der Waals surface area (Å²) in [5, 5.41) is 24.8. The molecular formula is C8H8N2O3. The Labute approximate surface area is 75.2 Å². The predicted octanol–water partition coefficient (Wildman–Crippen LogP) is 0.474. The van der Waals surface area contributed by atoms with Crippen molar-refractivity contribution >= 4 is 11.8 Å².